The lowest BCUT2D eigenvalue weighted by Gasteiger charge is -2.48. The topological polar surface area (TPSA) is 61.7 Å². The maximum absolute atomic E-state index is 9.98. The maximum atomic E-state index is 9.98. The summed E-state index contributed by atoms with van der Waals surface area (Å²) >= 11 is 0. The summed E-state index contributed by atoms with van der Waals surface area (Å²) in [6.07, 6.45) is 8.90. The number of aryl methyl sites for hydroxylation is 1. The van der Waals surface area contributed by atoms with Crippen molar-refractivity contribution in [2.24, 2.45) is 5.92 Å². The van der Waals surface area contributed by atoms with Gasteiger partial charge in [-0.1, -0.05) is 30.4 Å². The number of hydrogen-bond acceptors (Lipinski definition) is 4. The molecule has 0 bridgehead atoms. The molecule has 0 saturated carbocycles. The normalized spacial score (nSPS) is 23.3. The number of phenolic OH excluding ortho intramolecular Hbond substituents is 2. The third-order valence-corrected chi connectivity index (χ3v) is 6.16. The summed E-state index contributed by atoms with van der Waals surface area (Å²) < 4.78 is 0. The Labute approximate surface area is 166 Å². The summed E-state index contributed by atoms with van der Waals surface area (Å²) in [5.74, 6) is 1.02. The fraction of sp³-hybridized carbons (Fsp3) is 0.333. The molecule has 0 radical (unpaired) electrons. The number of hydroxylamine groups is 1. The Balaban J connectivity index is 1.71. The van der Waals surface area contributed by atoms with Gasteiger partial charge in [0.2, 0.25) is 0 Å². The first-order valence-corrected chi connectivity index (χ1v) is 9.90. The highest BCUT2D eigenvalue weighted by Gasteiger charge is 2.45. The molecule has 2 aromatic carbocycles. The summed E-state index contributed by atoms with van der Waals surface area (Å²) in [5.41, 5.74) is 8.03. The van der Waals surface area contributed by atoms with E-state index >= 15 is 0 Å². The van der Waals surface area contributed by atoms with Crippen molar-refractivity contribution in [2.75, 3.05) is 6.61 Å². The fourth-order valence-corrected chi connectivity index (χ4v) is 4.88. The zero-order valence-corrected chi connectivity index (χ0v) is 16.0. The standard InChI is InChI=1S/C24H27NO3/c1-2-13-28-25-20-11-12-24(16-17-3-7-21(26)8-4-17)19(15-20)6-5-18-14-22(27)9-10-23(18)24/h2-4,7-10,14-15,19,25-27H,1,5-6,11-13,16H2/t19-,24-/m0/s1. The first-order valence-electron chi connectivity index (χ1n) is 9.90. The molecule has 2 aliphatic carbocycles. The minimum absolute atomic E-state index is 0.0120. The molecule has 0 amide bonds. The van der Waals surface area contributed by atoms with Gasteiger partial charge in [-0.3, -0.25) is 10.3 Å². The molecule has 146 valence electrons. The van der Waals surface area contributed by atoms with Crippen LogP contribution >= 0.6 is 0 Å². The van der Waals surface area contributed by atoms with Crippen LogP contribution < -0.4 is 5.48 Å². The third-order valence-electron chi connectivity index (χ3n) is 6.16. The van der Waals surface area contributed by atoms with Gasteiger partial charge in [0.15, 0.2) is 0 Å². The summed E-state index contributed by atoms with van der Waals surface area (Å²) in [6.45, 7) is 4.16. The van der Waals surface area contributed by atoms with Crippen molar-refractivity contribution in [1.29, 1.82) is 0 Å². The predicted octanol–water partition coefficient (Wildman–Crippen LogP) is 4.53. The van der Waals surface area contributed by atoms with Gasteiger partial charge in [0.1, 0.15) is 11.5 Å². The van der Waals surface area contributed by atoms with E-state index < -0.39 is 0 Å². The van der Waals surface area contributed by atoms with Crippen LogP contribution in [0.2, 0.25) is 0 Å². The van der Waals surface area contributed by atoms with Gasteiger partial charge in [-0.05, 0) is 79.0 Å². The molecule has 2 aliphatic rings. The number of benzene rings is 2. The van der Waals surface area contributed by atoms with Crippen molar-refractivity contribution in [2.45, 2.75) is 37.5 Å². The number of fused-ring (bicyclic) bond motifs is 3. The Morgan fingerprint density at radius 1 is 1.11 bits per heavy atom. The van der Waals surface area contributed by atoms with Crippen LogP contribution in [0.15, 0.2) is 66.9 Å². The Morgan fingerprint density at radius 2 is 1.89 bits per heavy atom. The van der Waals surface area contributed by atoms with Gasteiger partial charge in [-0.15, -0.1) is 6.58 Å². The van der Waals surface area contributed by atoms with E-state index in [0.717, 1.165) is 37.8 Å². The molecule has 0 aromatic heterocycles. The van der Waals surface area contributed by atoms with Gasteiger partial charge < -0.3 is 10.2 Å². The first kappa shape index (κ1) is 18.6. The molecule has 0 spiro atoms. The largest absolute Gasteiger partial charge is 0.508 e. The van der Waals surface area contributed by atoms with Crippen molar-refractivity contribution in [3.05, 3.63) is 83.6 Å². The van der Waals surface area contributed by atoms with E-state index in [1.165, 1.54) is 16.7 Å². The number of rotatable bonds is 6. The van der Waals surface area contributed by atoms with Gasteiger partial charge in [0.05, 0.1) is 6.61 Å². The van der Waals surface area contributed by atoms with Crippen molar-refractivity contribution in [1.82, 2.24) is 5.48 Å². The Morgan fingerprint density at radius 3 is 2.68 bits per heavy atom. The Kier molecular flexibility index (Phi) is 5.14. The number of allylic oxidation sites excluding steroid dienone is 2. The summed E-state index contributed by atoms with van der Waals surface area (Å²) in [5, 5.41) is 19.6. The predicted molar refractivity (Wildman–Crippen MR) is 110 cm³/mol. The number of phenols is 2. The molecule has 4 heteroatoms. The van der Waals surface area contributed by atoms with Crippen molar-refractivity contribution in [3.63, 3.8) is 0 Å². The van der Waals surface area contributed by atoms with E-state index in [2.05, 4.69) is 24.2 Å². The van der Waals surface area contributed by atoms with Gasteiger partial charge >= 0.3 is 0 Å². The SMILES string of the molecule is C=CCONC1=C[C@@H]2CCc3cc(O)ccc3[C@]2(Cc2ccc(O)cc2)CC1. The van der Waals surface area contributed by atoms with E-state index in [9.17, 15) is 10.2 Å². The number of aromatic hydroxyl groups is 2. The van der Waals surface area contributed by atoms with Crippen LogP contribution in [-0.4, -0.2) is 16.8 Å². The highest BCUT2D eigenvalue weighted by Crippen LogP contribution is 2.51. The molecule has 4 nitrogen and oxygen atoms in total. The van der Waals surface area contributed by atoms with Crippen LogP contribution in [0.3, 0.4) is 0 Å². The second-order valence-electron chi connectivity index (χ2n) is 7.88. The monoisotopic (exact) mass is 377 g/mol. The quantitative estimate of drug-likeness (QED) is 0.393. The zero-order valence-electron chi connectivity index (χ0n) is 16.0. The number of hydrogen-bond donors (Lipinski definition) is 3. The molecule has 2 atom stereocenters. The Hall–Kier alpha value is -2.72. The summed E-state index contributed by atoms with van der Waals surface area (Å²) in [6, 6.07) is 13.4. The molecule has 2 aromatic rings. The minimum Gasteiger partial charge on any atom is -0.508 e. The smallest absolute Gasteiger partial charge is 0.115 e. The lowest BCUT2D eigenvalue weighted by atomic mass is 9.56. The van der Waals surface area contributed by atoms with Crippen molar-refractivity contribution < 1.29 is 15.1 Å². The minimum atomic E-state index is -0.0120. The second-order valence-corrected chi connectivity index (χ2v) is 7.88. The molecule has 0 unspecified atom stereocenters. The first-order chi connectivity index (χ1) is 13.6. The molecule has 28 heavy (non-hydrogen) atoms. The average Bonchev–Trinajstić information content (AvgIpc) is 2.70. The van der Waals surface area contributed by atoms with E-state index in [0.29, 0.717) is 24.0 Å². The lowest BCUT2D eigenvalue weighted by molar-refractivity contribution is 0.0771. The number of nitrogens with one attached hydrogen (secondary N) is 1. The van der Waals surface area contributed by atoms with Gasteiger partial charge in [0.25, 0.3) is 0 Å². The molecule has 3 N–H and O–H groups in total. The van der Waals surface area contributed by atoms with Crippen molar-refractivity contribution in [3.8, 4) is 11.5 Å². The maximum Gasteiger partial charge on any atom is 0.115 e. The molecule has 4 rings (SSSR count). The van der Waals surface area contributed by atoms with Crippen molar-refractivity contribution >= 4 is 0 Å². The van der Waals surface area contributed by atoms with E-state index in [1.54, 1.807) is 18.2 Å². The molecular weight excluding hydrogens is 350 g/mol. The summed E-state index contributed by atoms with van der Waals surface area (Å²) in [7, 11) is 0. The molecule has 0 saturated heterocycles. The van der Waals surface area contributed by atoms with Crippen LogP contribution in [0.5, 0.6) is 11.5 Å². The van der Waals surface area contributed by atoms with E-state index in [4.69, 9.17) is 4.84 Å². The van der Waals surface area contributed by atoms with E-state index in [-0.39, 0.29) is 5.41 Å². The van der Waals surface area contributed by atoms with Crippen LogP contribution in [0.4, 0.5) is 0 Å². The van der Waals surface area contributed by atoms with Gasteiger partial charge in [-0.2, -0.15) is 0 Å². The zero-order chi connectivity index (χ0) is 19.6. The van der Waals surface area contributed by atoms with Crippen LogP contribution in [0, 0.1) is 5.92 Å². The second kappa shape index (κ2) is 7.72. The molecule has 0 fully saturated rings. The van der Waals surface area contributed by atoms with Gasteiger partial charge in [-0.25, -0.2) is 0 Å². The Bertz CT molecular complexity index is 887. The summed E-state index contributed by atoms with van der Waals surface area (Å²) in [4.78, 5) is 5.45. The lowest BCUT2D eigenvalue weighted by Crippen LogP contribution is -2.44. The fourth-order valence-electron chi connectivity index (χ4n) is 4.88. The average molecular weight is 377 g/mol. The highest BCUT2D eigenvalue weighted by molar-refractivity contribution is 5.46. The molecular formula is C24H27NO3. The van der Waals surface area contributed by atoms with Gasteiger partial charge in [0, 0.05) is 11.1 Å². The molecule has 0 heterocycles. The van der Waals surface area contributed by atoms with Crippen LogP contribution in [0.25, 0.3) is 0 Å². The van der Waals surface area contributed by atoms with Crippen LogP contribution in [0.1, 0.15) is 36.0 Å². The third kappa shape index (κ3) is 3.52. The van der Waals surface area contributed by atoms with E-state index in [1.807, 2.05) is 24.3 Å². The highest BCUT2D eigenvalue weighted by atomic mass is 16.6. The molecule has 0 aliphatic heterocycles. The van der Waals surface area contributed by atoms with Crippen LogP contribution in [-0.2, 0) is 23.1 Å².